The van der Waals surface area contributed by atoms with Crippen LogP contribution in [0.2, 0.25) is 0 Å². The molecule has 1 aliphatic rings. The van der Waals surface area contributed by atoms with Gasteiger partial charge in [-0.25, -0.2) is 0 Å². The lowest BCUT2D eigenvalue weighted by molar-refractivity contribution is 0.459. The third kappa shape index (κ3) is 4.60. The van der Waals surface area contributed by atoms with E-state index in [1.54, 1.807) is 15.3 Å². The number of thiophene rings is 1. The van der Waals surface area contributed by atoms with Gasteiger partial charge in [-0.1, -0.05) is 40.0 Å². The highest BCUT2D eigenvalue weighted by molar-refractivity contribution is 7.12. The van der Waals surface area contributed by atoms with Crippen molar-refractivity contribution >= 4 is 11.3 Å². The van der Waals surface area contributed by atoms with Crippen LogP contribution in [0, 0.1) is 5.92 Å². The van der Waals surface area contributed by atoms with E-state index in [2.05, 4.69) is 43.5 Å². The molecule has 20 heavy (non-hydrogen) atoms. The molecule has 0 amide bonds. The van der Waals surface area contributed by atoms with E-state index in [0.717, 1.165) is 12.5 Å². The Bertz CT molecular complexity index is 371. The Kier molecular flexibility index (Phi) is 6.57. The monoisotopic (exact) mass is 293 g/mol. The third-order valence-electron chi connectivity index (χ3n) is 4.33. The van der Waals surface area contributed by atoms with Gasteiger partial charge in [0.1, 0.15) is 0 Å². The zero-order valence-corrected chi connectivity index (χ0v) is 14.3. The van der Waals surface area contributed by atoms with Crippen LogP contribution in [0.3, 0.4) is 0 Å². The van der Waals surface area contributed by atoms with E-state index in [4.69, 9.17) is 0 Å². The van der Waals surface area contributed by atoms with E-state index in [9.17, 15) is 0 Å². The summed E-state index contributed by atoms with van der Waals surface area (Å²) in [5.41, 5.74) is 1.66. The van der Waals surface area contributed by atoms with Crippen molar-refractivity contribution in [3.8, 4) is 0 Å². The van der Waals surface area contributed by atoms with Gasteiger partial charge in [0.05, 0.1) is 0 Å². The Morgan fingerprint density at radius 1 is 1.15 bits per heavy atom. The molecule has 0 aromatic carbocycles. The molecular formula is C18H31NS. The average Bonchev–Trinajstić information content (AvgIpc) is 2.68. The first-order valence-electron chi connectivity index (χ1n) is 8.55. The van der Waals surface area contributed by atoms with Crippen LogP contribution in [-0.4, -0.2) is 6.54 Å². The predicted molar refractivity (Wildman–Crippen MR) is 90.7 cm³/mol. The molecule has 0 spiro atoms. The molecule has 0 radical (unpaired) electrons. The molecule has 1 unspecified atom stereocenters. The summed E-state index contributed by atoms with van der Waals surface area (Å²) in [4.78, 5) is 3.28. The quantitative estimate of drug-likeness (QED) is 0.655. The van der Waals surface area contributed by atoms with E-state index >= 15 is 0 Å². The second-order valence-electron chi connectivity index (χ2n) is 6.59. The summed E-state index contributed by atoms with van der Waals surface area (Å²) in [6.07, 6.45) is 10.8. The highest BCUT2D eigenvalue weighted by Crippen LogP contribution is 2.34. The van der Waals surface area contributed by atoms with E-state index in [0.29, 0.717) is 6.04 Å². The van der Waals surface area contributed by atoms with Gasteiger partial charge in [0.15, 0.2) is 0 Å². The molecule has 0 aliphatic heterocycles. The van der Waals surface area contributed by atoms with Gasteiger partial charge >= 0.3 is 0 Å². The van der Waals surface area contributed by atoms with Crippen molar-refractivity contribution in [1.82, 2.24) is 5.32 Å². The Morgan fingerprint density at radius 2 is 1.95 bits per heavy atom. The molecule has 0 saturated carbocycles. The summed E-state index contributed by atoms with van der Waals surface area (Å²) < 4.78 is 0. The van der Waals surface area contributed by atoms with Crippen LogP contribution >= 0.6 is 11.3 Å². The zero-order chi connectivity index (χ0) is 14.4. The van der Waals surface area contributed by atoms with E-state index < -0.39 is 0 Å². The number of hydrogen-bond donors (Lipinski definition) is 1. The molecule has 2 heteroatoms. The first kappa shape index (κ1) is 16.0. The van der Waals surface area contributed by atoms with Crippen molar-refractivity contribution in [2.75, 3.05) is 6.54 Å². The fraction of sp³-hybridized carbons (Fsp3) is 0.778. The van der Waals surface area contributed by atoms with Crippen molar-refractivity contribution < 1.29 is 0 Å². The summed E-state index contributed by atoms with van der Waals surface area (Å²) >= 11 is 2.09. The van der Waals surface area contributed by atoms with Gasteiger partial charge in [-0.3, -0.25) is 0 Å². The van der Waals surface area contributed by atoms with E-state index in [1.807, 2.05) is 0 Å². The molecule has 1 N–H and O–H groups in total. The van der Waals surface area contributed by atoms with Crippen LogP contribution in [0.25, 0.3) is 0 Å². The third-order valence-corrected chi connectivity index (χ3v) is 5.68. The number of hydrogen-bond acceptors (Lipinski definition) is 2. The standard InChI is InChI=1S/C18H31NS/c1-4-19-16(11-8-9-14(2)3)18-13-15-10-6-5-7-12-17(15)20-18/h13-14,16,19H,4-12H2,1-3H3. The molecule has 1 aromatic heterocycles. The number of nitrogens with one attached hydrogen (secondary N) is 1. The topological polar surface area (TPSA) is 12.0 Å². The first-order chi connectivity index (χ1) is 9.70. The SMILES string of the molecule is CCNC(CCCC(C)C)c1cc2c(s1)CCCCC2. The number of rotatable bonds is 7. The van der Waals surface area contributed by atoms with Crippen LogP contribution in [-0.2, 0) is 12.8 Å². The normalized spacial score (nSPS) is 17.0. The highest BCUT2D eigenvalue weighted by Gasteiger charge is 2.17. The predicted octanol–water partition coefficient (Wildman–Crippen LogP) is 5.49. The maximum atomic E-state index is 3.71. The average molecular weight is 294 g/mol. The van der Waals surface area contributed by atoms with E-state index in [1.165, 1.54) is 51.4 Å². The Labute approximate surface area is 129 Å². The lowest BCUT2D eigenvalue weighted by Crippen LogP contribution is -2.20. The van der Waals surface area contributed by atoms with Crippen molar-refractivity contribution in [2.45, 2.75) is 78.2 Å². The fourth-order valence-corrected chi connectivity index (χ4v) is 4.55. The molecule has 1 heterocycles. The Morgan fingerprint density at radius 3 is 2.70 bits per heavy atom. The molecule has 0 bridgehead atoms. The lowest BCUT2D eigenvalue weighted by Gasteiger charge is -2.17. The van der Waals surface area contributed by atoms with Gasteiger partial charge in [0.2, 0.25) is 0 Å². The lowest BCUT2D eigenvalue weighted by atomic mass is 10.0. The van der Waals surface area contributed by atoms with Crippen LogP contribution in [0.1, 0.15) is 80.7 Å². The summed E-state index contributed by atoms with van der Waals surface area (Å²) in [6.45, 7) is 7.97. The van der Waals surface area contributed by atoms with Crippen molar-refractivity contribution in [1.29, 1.82) is 0 Å². The van der Waals surface area contributed by atoms with Crippen LogP contribution in [0.5, 0.6) is 0 Å². The van der Waals surface area contributed by atoms with Gasteiger partial charge in [0, 0.05) is 15.8 Å². The minimum Gasteiger partial charge on any atom is -0.310 e. The van der Waals surface area contributed by atoms with Crippen LogP contribution in [0.4, 0.5) is 0 Å². The zero-order valence-electron chi connectivity index (χ0n) is 13.5. The molecule has 1 nitrogen and oxygen atoms in total. The van der Waals surface area contributed by atoms with Gasteiger partial charge in [-0.15, -0.1) is 11.3 Å². The summed E-state index contributed by atoms with van der Waals surface area (Å²) in [7, 11) is 0. The summed E-state index contributed by atoms with van der Waals surface area (Å²) in [6, 6.07) is 3.12. The summed E-state index contributed by atoms with van der Waals surface area (Å²) in [5.74, 6) is 0.831. The molecule has 1 aromatic rings. The Hall–Kier alpha value is -0.340. The highest BCUT2D eigenvalue weighted by atomic mass is 32.1. The number of fused-ring (bicyclic) bond motifs is 1. The van der Waals surface area contributed by atoms with Crippen molar-refractivity contribution in [2.24, 2.45) is 5.92 Å². The molecular weight excluding hydrogens is 262 g/mol. The molecule has 2 rings (SSSR count). The second-order valence-corrected chi connectivity index (χ2v) is 7.76. The summed E-state index contributed by atoms with van der Waals surface area (Å²) in [5, 5.41) is 3.71. The van der Waals surface area contributed by atoms with Gasteiger partial charge < -0.3 is 5.32 Å². The van der Waals surface area contributed by atoms with Crippen LogP contribution in [0.15, 0.2) is 6.07 Å². The first-order valence-corrected chi connectivity index (χ1v) is 9.37. The van der Waals surface area contributed by atoms with Gasteiger partial charge in [-0.2, -0.15) is 0 Å². The maximum absolute atomic E-state index is 3.71. The van der Waals surface area contributed by atoms with E-state index in [-0.39, 0.29) is 0 Å². The smallest absolute Gasteiger partial charge is 0.0414 e. The largest absolute Gasteiger partial charge is 0.310 e. The fourth-order valence-electron chi connectivity index (χ4n) is 3.18. The molecule has 0 saturated heterocycles. The molecule has 114 valence electrons. The minimum absolute atomic E-state index is 0.593. The minimum atomic E-state index is 0.593. The molecule has 0 fully saturated rings. The van der Waals surface area contributed by atoms with Crippen molar-refractivity contribution in [3.63, 3.8) is 0 Å². The maximum Gasteiger partial charge on any atom is 0.0414 e. The van der Waals surface area contributed by atoms with Gasteiger partial charge in [0.25, 0.3) is 0 Å². The molecule has 1 aliphatic carbocycles. The van der Waals surface area contributed by atoms with Gasteiger partial charge in [-0.05, 0) is 56.2 Å². The van der Waals surface area contributed by atoms with Crippen molar-refractivity contribution in [3.05, 3.63) is 21.4 Å². The molecule has 1 atom stereocenters. The van der Waals surface area contributed by atoms with Crippen LogP contribution < -0.4 is 5.32 Å². The number of aryl methyl sites for hydroxylation is 2. The Balaban J connectivity index is 2.01. The second kappa shape index (κ2) is 8.19.